The van der Waals surface area contributed by atoms with Crippen LogP contribution in [0.4, 0.5) is 34.1 Å². The van der Waals surface area contributed by atoms with Crippen molar-refractivity contribution < 1.29 is 8.83 Å². The van der Waals surface area contributed by atoms with Gasteiger partial charge in [0.25, 0.3) is 0 Å². The number of hydrogen-bond acceptors (Lipinski definition) is 4. The lowest BCUT2D eigenvalue weighted by Crippen LogP contribution is -2.11. The Kier molecular flexibility index (Phi) is 17.6. The Morgan fingerprint density at radius 2 is 0.467 bits per heavy atom. The Bertz CT molecular complexity index is 8020. The number of para-hydroxylation sites is 2. The first-order valence-electron chi connectivity index (χ1n) is 41.8. The lowest BCUT2D eigenvalue weighted by molar-refractivity contribution is 0.668. The molecule has 0 aliphatic carbocycles. The van der Waals surface area contributed by atoms with Crippen molar-refractivity contribution in [2.45, 2.75) is 0 Å². The maximum absolute atomic E-state index is 6.90. The van der Waals surface area contributed by atoms with Crippen LogP contribution in [-0.2, 0) is 0 Å². The van der Waals surface area contributed by atoms with E-state index in [1.165, 1.54) is 93.2 Å². The summed E-state index contributed by atoms with van der Waals surface area (Å²) in [6, 6.07) is 168. The highest BCUT2D eigenvalue weighted by Gasteiger charge is 2.25. The first-order chi connectivity index (χ1) is 60.5. The van der Waals surface area contributed by atoms with Gasteiger partial charge < -0.3 is 18.6 Å². The van der Waals surface area contributed by atoms with Crippen LogP contribution in [0.5, 0.6) is 0 Å². The fraction of sp³-hybridized carbons (Fsp3) is 0. The predicted octanol–water partition coefficient (Wildman–Crippen LogP) is 33.7. The molecule has 0 unspecified atom stereocenters. The molecule has 4 heteroatoms. The van der Waals surface area contributed by atoms with Crippen molar-refractivity contribution in [1.82, 2.24) is 0 Å². The third kappa shape index (κ3) is 12.6. The monoisotopic (exact) mass is 1550 g/mol. The zero-order valence-electron chi connectivity index (χ0n) is 66.6. The molecule has 0 radical (unpaired) electrons. The second-order valence-corrected chi connectivity index (χ2v) is 31.7. The average Bonchev–Trinajstić information content (AvgIpc) is 0.857. The summed E-state index contributed by atoms with van der Waals surface area (Å²) in [5.74, 6) is 0. The van der Waals surface area contributed by atoms with E-state index in [1.54, 1.807) is 0 Å². The molecule has 2 aromatic heterocycles. The zero-order valence-corrected chi connectivity index (χ0v) is 66.6. The second kappa shape index (κ2) is 30.1. The van der Waals surface area contributed by atoms with Crippen LogP contribution >= 0.6 is 0 Å². The third-order valence-corrected chi connectivity index (χ3v) is 24.7. The normalized spacial score (nSPS) is 11.6. The van der Waals surface area contributed by atoms with Gasteiger partial charge in [-0.15, -0.1) is 0 Å². The summed E-state index contributed by atoms with van der Waals surface area (Å²) < 4.78 is 13.7. The molecule has 4 nitrogen and oxygen atoms in total. The Labute approximate surface area is 707 Å². The van der Waals surface area contributed by atoms with E-state index in [0.29, 0.717) is 0 Å². The molecule has 2 heterocycles. The standard InChI is InChI=1S/C118H76N2O2/c1-3-25-77(26-4-1)93-35-11-12-36-94(93)81-51-61-89(62-52-81)119(91-33-21-31-85(71-91)99-45-23-47-104-96-37-9-7-29-79(96)55-65-106(99)104)113-49-19-17-41-101(113)87-60-70-117-112(75-87)111-74-84(59-69-116(111)121-117)83-58-68-114(110(73-83)88-57-67-109-108-44-18-20-50-115(108)122-118(109)76-88)120(92-34-22-32-86(72-92)100-46-24-48-105-97-38-10-8-30-80(97)56-66-107(100)105)90-63-53-82(54-64-90)98-40-14-16-43-103(98)102-42-15-13-39-95(102)78-27-5-2-6-28-78/h1-76H. The maximum atomic E-state index is 6.90. The number of benzene rings is 21. The minimum atomic E-state index is 0.812. The fourth-order valence-corrected chi connectivity index (χ4v) is 18.9. The van der Waals surface area contributed by atoms with Crippen molar-refractivity contribution in [2.75, 3.05) is 9.80 Å². The molecule has 0 saturated carbocycles. The number of rotatable bonds is 16. The molecule has 122 heavy (non-hydrogen) atoms. The van der Waals surface area contributed by atoms with E-state index in [9.17, 15) is 0 Å². The first-order valence-corrected chi connectivity index (χ1v) is 41.8. The number of furan rings is 2. The summed E-state index contributed by atoms with van der Waals surface area (Å²) in [6.45, 7) is 0. The molecule has 0 spiro atoms. The van der Waals surface area contributed by atoms with Crippen molar-refractivity contribution in [3.8, 4) is 111 Å². The van der Waals surface area contributed by atoms with Gasteiger partial charge in [0.15, 0.2) is 0 Å². The molecule has 23 aromatic rings. The zero-order chi connectivity index (χ0) is 80.6. The van der Waals surface area contributed by atoms with E-state index in [0.717, 1.165) is 139 Å². The van der Waals surface area contributed by atoms with E-state index >= 15 is 0 Å². The molecule has 0 aliphatic rings. The van der Waals surface area contributed by atoms with Crippen LogP contribution in [0.2, 0.25) is 0 Å². The molecule has 570 valence electrons. The van der Waals surface area contributed by atoms with Gasteiger partial charge in [-0.3, -0.25) is 0 Å². The van der Waals surface area contributed by atoms with Crippen LogP contribution in [0.25, 0.3) is 198 Å². The molecular weight excluding hydrogens is 1480 g/mol. The maximum Gasteiger partial charge on any atom is 0.136 e. The van der Waals surface area contributed by atoms with Crippen molar-refractivity contribution in [1.29, 1.82) is 0 Å². The Hall–Kier alpha value is -16.1. The van der Waals surface area contributed by atoms with Crippen molar-refractivity contribution in [3.05, 3.63) is 461 Å². The summed E-state index contributed by atoms with van der Waals surface area (Å²) in [6.07, 6.45) is 0. The number of nitrogens with zero attached hydrogens (tertiary/aromatic N) is 2. The number of anilines is 6. The summed E-state index contributed by atoms with van der Waals surface area (Å²) in [5.41, 5.74) is 32.0. The molecular formula is C118H76N2O2. The highest BCUT2D eigenvalue weighted by atomic mass is 16.3. The van der Waals surface area contributed by atoms with E-state index in [4.69, 9.17) is 8.83 Å². The lowest BCUT2D eigenvalue weighted by Gasteiger charge is -2.29. The highest BCUT2D eigenvalue weighted by molar-refractivity contribution is 6.15. The summed E-state index contributed by atoms with van der Waals surface area (Å²) in [7, 11) is 0. The minimum absolute atomic E-state index is 0.812. The van der Waals surface area contributed by atoms with Crippen LogP contribution in [0, 0.1) is 0 Å². The van der Waals surface area contributed by atoms with Crippen molar-refractivity contribution in [2.24, 2.45) is 0 Å². The number of hydrogen-bond donors (Lipinski definition) is 0. The quantitative estimate of drug-likeness (QED) is 0.0903. The topological polar surface area (TPSA) is 32.8 Å². The fourth-order valence-electron chi connectivity index (χ4n) is 18.9. The van der Waals surface area contributed by atoms with Gasteiger partial charge in [-0.2, -0.15) is 0 Å². The predicted molar refractivity (Wildman–Crippen MR) is 515 cm³/mol. The minimum Gasteiger partial charge on any atom is -0.456 e. The lowest BCUT2D eigenvalue weighted by atomic mass is 9.89. The van der Waals surface area contributed by atoms with Gasteiger partial charge in [-0.25, -0.2) is 0 Å². The highest BCUT2D eigenvalue weighted by Crippen LogP contribution is 2.50. The third-order valence-electron chi connectivity index (χ3n) is 24.7. The van der Waals surface area contributed by atoms with Gasteiger partial charge in [0.1, 0.15) is 22.3 Å². The first kappa shape index (κ1) is 71.2. The molecule has 0 aliphatic heterocycles. The van der Waals surface area contributed by atoms with Crippen LogP contribution in [0.3, 0.4) is 0 Å². The second-order valence-electron chi connectivity index (χ2n) is 31.7. The van der Waals surface area contributed by atoms with Gasteiger partial charge >= 0.3 is 0 Å². The van der Waals surface area contributed by atoms with Gasteiger partial charge in [-0.05, 0) is 252 Å². The van der Waals surface area contributed by atoms with E-state index in [2.05, 4.69) is 465 Å². The molecule has 0 saturated heterocycles. The van der Waals surface area contributed by atoms with Crippen LogP contribution in [0.1, 0.15) is 0 Å². The smallest absolute Gasteiger partial charge is 0.136 e. The van der Waals surface area contributed by atoms with E-state index < -0.39 is 0 Å². The largest absolute Gasteiger partial charge is 0.456 e. The molecule has 0 fully saturated rings. The van der Waals surface area contributed by atoms with Crippen LogP contribution in [-0.4, -0.2) is 0 Å². The summed E-state index contributed by atoms with van der Waals surface area (Å²) in [4.78, 5) is 4.88. The molecule has 23 rings (SSSR count). The Balaban J connectivity index is 0.670. The van der Waals surface area contributed by atoms with E-state index in [-0.39, 0.29) is 0 Å². The molecule has 0 bridgehead atoms. The molecule has 0 N–H and O–H groups in total. The summed E-state index contributed by atoms with van der Waals surface area (Å²) >= 11 is 0. The van der Waals surface area contributed by atoms with Crippen molar-refractivity contribution in [3.63, 3.8) is 0 Å². The SMILES string of the molecule is c1ccc(-c2ccccc2-c2ccc(N(c3cccc(-c4cccc5c4ccc4ccccc45)c3)c3ccccc3-c3ccc4oc5ccc(-c6ccc(N(c7ccc(-c8ccccc8-c8ccccc8-c8ccccc8)cc7)c7cccc(-c8cccc9c8ccc8ccccc89)c7)c(-c7ccc8c(c7)oc7ccccc78)c6)cc5c4c3)cc2)cc1. The van der Waals surface area contributed by atoms with Gasteiger partial charge in [0.05, 0.1) is 11.4 Å². The van der Waals surface area contributed by atoms with Gasteiger partial charge in [0.2, 0.25) is 0 Å². The molecule has 21 aromatic carbocycles. The van der Waals surface area contributed by atoms with Gasteiger partial charge in [-0.1, -0.05) is 352 Å². The number of fused-ring (bicyclic) bond motifs is 12. The van der Waals surface area contributed by atoms with E-state index in [1.807, 2.05) is 6.07 Å². The summed E-state index contributed by atoms with van der Waals surface area (Å²) in [5, 5.41) is 14.0. The molecule has 0 atom stereocenters. The van der Waals surface area contributed by atoms with Crippen LogP contribution < -0.4 is 9.80 Å². The Morgan fingerprint density at radius 3 is 1.02 bits per heavy atom. The van der Waals surface area contributed by atoms with Gasteiger partial charge in [0, 0.05) is 55.4 Å². The van der Waals surface area contributed by atoms with Crippen molar-refractivity contribution >= 4 is 121 Å². The molecule has 0 amide bonds. The van der Waals surface area contributed by atoms with Crippen LogP contribution in [0.15, 0.2) is 470 Å². The Morgan fingerprint density at radius 1 is 0.131 bits per heavy atom. The average molecular weight is 1550 g/mol.